The SMILES string of the molecule is C=C=C=C=C=C=C=C=C=C=C=C=C=C=C=C=C=C=C=C=C=C=C=C=C=C=C=C=C=C=C=C=C=C=C=C=C=C=C=C=C=C=C=C=C=C=C=C=C=C=C=C=C=C=C=C=C=C=C=C=C=C=C=C. The first-order valence-electron chi connectivity index (χ1n) is 16.0. The third kappa shape index (κ3) is 48.1. The zero-order valence-electron chi connectivity index (χ0n) is 32.4. The Morgan fingerprint density at radius 1 is 0.0781 bits per heavy atom. The van der Waals surface area contributed by atoms with Crippen LogP contribution in [0.4, 0.5) is 0 Å². The zero-order chi connectivity index (χ0) is 45.8. The predicted molar refractivity (Wildman–Crippen MR) is 229 cm³/mol. The number of rotatable bonds is 0. The molecule has 0 aromatic rings. The maximum atomic E-state index is 3.31. The van der Waals surface area contributed by atoms with Gasteiger partial charge in [0.2, 0.25) is 0 Å². The van der Waals surface area contributed by atoms with Gasteiger partial charge in [0, 0.05) is 252 Å². The minimum absolute atomic E-state index is 2.37. The second kappa shape index (κ2) is 49.1. The molecule has 0 radical (unpaired) electrons. The van der Waals surface area contributed by atoms with E-state index in [1.165, 1.54) is 0 Å². The fourth-order valence-electron chi connectivity index (χ4n) is 1.90. The van der Waals surface area contributed by atoms with Crippen LogP contribution in [0.2, 0.25) is 0 Å². The van der Waals surface area contributed by atoms with Gasteiger partial charge in [0.25, 0.3) is 0 Å². The third-order valence-corrected chi connectivity index (χ3v) is 3.86. The summed E-state index contributed by atoms with van der Waals surface area (Å²) < 4.78 is 0. The Morgan fingerprint density at radius 3 is 0.172 bits per heavy atom. The van der Waals surface area contributed by atoms with E-state index in [0.717, 1.165) is 0 Å². The van der Waals surface area contributed by atoms with Crippen molar-refractivity contribution in [3.05, 3.63) is 368 Å². The van der Waals surface area contributed by atoms with E-state index in [1.54, 1.807) is 0 Å². The topological polar surface area (TPSA) is 0 Å². The molecule has 0 heterocycles. The fourth-order valence-corrected chi connectivity index (χ4v) is 1.90. The van der Waals surface area contributed by atoms with Crippen LogP contribution in [0.3, 0.4) is 0 Å². The molecular formula is C64H4. The fraction of sp³-hybridized carbons (Fsp3) is 0. The van der Waals surface area contributed by atoms with E-state index in [0.29, 0.717) is 0 Å². The molecule has 0 fully saturated rings. The molecule has 0 rings (SSSR count). The normalized spacial score (nSPS) is 3.94. The molecular weight excluding hydrogens is 769 g/mol. The molecule has 260 valence electrons. The van der Waals surface area contributed by atoms with E-state index in [-0.39, 0.29) is 0 Å². The standard InChI is InChI=1S/C64H4/c1-3-5-7-9-11-13-15-17-19-21-23-25-27-29-31-33-35-37-39-41-43-45-47-49-51-53-55-57-59-61-63-64-62-60-58-56-54-52-50-48-46-44-42-40-38-36-34-32-30-28-26-24-22-20-18-16-14-12-10-8-6-4-2/h1-2H2. The van der Waals surface area contributed by atoms with Gasteiger partial charge in [-0.05, 0) is 105 Å². The molecule has 0 aliphatic carbocycles. The van der Waals surface area contributed by atoms with E-state index in [2.05, 4.69) is 368 Å². The van der Waals surface area contributed by atoms with Crippen molar-refractivity contribution in [2.24, 2.45) is 0 Å². The van der Waals surface area contributed by atoms with Crippen molar-refractivity contribution >= 4 is 0 Å². The highest BCUT2D eigenvalue weighted by molar-refractivity contribution is 4.98. The smallest absolute Gasteiger partial charge is 0 e. The van der Waals surface area contributed by atoms with Crippen molar-refractivity contribution in [3.63, 3.8) is 0 Å². The van der Waals surface area contributed by atoms with Crippen molar-refractivity contribution in [1.29, 1.82) is 0 Å². The van der Waals surface area contributed by atoms with Crippen LogP contribution in [-0.4, -0.2) is 0 Å². The van der Waals surface area contributed by atoms with Crippen LogP contribution in [-0.2, 0) is 0 Å². The highest BCUT2D eigenvalue weighted by atomic mass is 13.5. The van der Waals surface area contributed by atoms with Crippen LogP contribution in [0.15, 0.2) is 368 Å². The van der Waals surface area contributed by atoms with Gasteiger partial charge in [-0.15, -0.1) is 0 Å². The van der Waals surface area contributed by atoms with E-state index < -0.39 is 0 Å². The molecule has 0 amide bonds. The summed E-state index contributed by atoms with van der Waals surface area (Å²) >= 11 is 0. The highest BCUT2D eigenvalue weighted by Gasteiger charge is 1.47. The predicted octanol–water partition coefficient (Wildman–Crippen LogP) is 10.4. The number of hydrogen-bond donors (Lipinski definition) is 0. The summed E-state index contributed by atoms with van der Waals surface area (Å²) in [6.45, 7) is 6.63. The van der Waals surface area contributed by atoms with E-state index in [1.807, 2.05) is 0 Å². The summed E-state index contributed by atoms with van der Waals surface area (Å²) in [6, 6.07) is 0. The molecule has 0 aromatic heterocycles. The summed E-state index contributed by atoms with van der Waals surface area (Å²) in [5.74, 6) is 0. The molecule has 0 nitrogen and oxygen atoms in total. The van der Waals surface area contributed by atoms with Gasteiger partial charge >= 0.3 is 0 Å². The maximum Gasteiger partial charge on any atom is 0 e. The van der Waals surface area contributed by atoms with Crippen LogP contribution in [0.1, 0.15) is 0 Å². The van der Waals surface area contributed by atoms with Crippen LogP contribution in [0, 0.1) is 0 Å². The van der Waals surface area contributed by atoms with Crippen LogP contribution < -0.4 is 0 Å². The lowest BCUT2D eigenvalue weighted by Gasteiger charge is -1.41. The molecule has 0 saturated carbocycles. The maximum absolute atomic E-state index is 3.31. The van der Waals surface area contributed by atoms with Gasteiger partial charge in [-0.2, -0.15) is 0 Å². The Morgan fingerprint density at radius 2 is 0.125 bits per heavy atom. The minimum Gasteiger partial charge on any atom is -0.0687 e. The first-order valence-corrected chi connectivity index (χ1v) is 16.0. The summed E-state index contributed by atoms with van der Waals surface area (Å²) in [5.41, 5.74) is 154. The van der Waals surface area contributed by atoms with E-state index >= 15 is 0 Å². The average Bonchev–Trinajstić information content (AvgIpc) is 3.31. The zero-order valence-corrected chi connectivity index (χ0v) is 32.4. The summed E-state index contributed by atoms with van der Waals surface area (Å²) in [6.07, 6.45) is 0. The van der Waals surface area contributed by atoms with Gasteiger partial charge in [0.1, 0.15) is 0 Å². The lowest BCUT2D eigenvalue weighted by Crippen LogP contribution is -1.26. The highest BCUT2D eigenvalue weighted by Crippen LogP contribution is 1.62. The first-order chi connectivity index (χ1) is 31.9. The van der Waals surface area contributed by atoms with Gasteiger partial charge < -0.3 is 0 Å². The molecule has 0 bridgehead atoms. The summed E-state index contributed by atoms with van der Waals surface area (Å²) in [5, 5.41) is 0. The van der Waals surface area contributed by atoms with Crippen molar-refractivity contribution < 1.29 is 0 Å². The van der Waals surface area contributed by atoms with E-state index in [4.69, 9.17) is 0 Å². The van der Waals surface area contributed by atoms with Crippen LogP contribution in [0.5, 0.6) is 0 Å². The van der Waals surface area contributed by atoms with Crippen molar-refractivity contribution in [3.8, 4) is 0 Å². The lowest BCUT2D eigenvalue weighted by atomic mass is 10.6. The molecule has 0 atom stereocenters. The molecule has 0 aliphatic rings. The molecule has 0 N–H and O–H groups in total. The Kier molecular flexibility index (Phi) is 38.4. The number of hydrogen-bond acceptors (Lipinski definition) is 0. The Balaban J connectivity index is 6.12. The van der Waals surface area contributed by atoms with Crippen LogP contribution >= 0.6 is 0 Å². The molecule has 0 saturated heterocycles. The van der Waals surface area contributed by atoms with Crippen molar-refractivity contribution in [1.82, 2.24) is 0 Å². The van der Waals surface area contributed by atoms with Crippen molar-refractivity contribution in [2.75, 3.05) is 0 Å². The largest absolute Gasteiger partial charge is 0.0687 e. The second-order valence-corrected chi connectivity index (χ2v) is 7.85. The molecule has 0 aromatic carbocycles. The second-order valence-electron chi connectivity index (χ2n) is 7.85. The minimum atomic E-state index is 2.37. The van der Waals surface area contributed by atoms with E-state index in [9.17, 15) is 0 Å². The lowest BCUT2D eigenvalue weighted by molar-refractivity contribution is 2.10. The van der Waals surface area contributed by atoms with Gasteiger partial charge in [0.15, 0.2) is 0 Å². The molecule has 0 aliphatic heterocycles. The van der Waals surface area contributed by atoms with Crippen molar-refractivity contribution in [2.45, 2.75) is 0 Å². The average molecular weight is 773 g/mol. The van der Waals surface area contributed by atoms with Gasteiger partial charge in [0.05, 0.1) is 0 Å². The first kappa shape index (κ1) is 50.1. The van der Waals surface area contributed by atoms with Gasteiger partial charge in [-0.25, -0.2) is 0 Å². The Bertz CT molecular complexity index is 4340. The monoisotopic (exact) mass is 772 g/mol. The summed E-state index contributed by atoms with van der Waals surface area (Å²) in [7, 11) is 0. The third-order valence-electron chi connectivity index (χ3n) is 3.86. The molecule has 0 spiro atoms. The summed E-state index contributed by atoms with van der Waals surface area (Å²) in [4.78, 5) is 0. The van der Waals surface area contributed by atoms with Gasteiger partial charge in [-0.1, -0.05) is 11.5 Å². The molecule has 0 heteroatoms. The molecule has 0 unspecified atom stereocenters. The molecule has 64 heavy (non-hydrogen) atoms. The quantitative estimate of drug-likeness (QED) is 0.215. The van der Waals surface area contributed by atoms with Crippen LogP contribution in [0.25, 0.3) is 0 Å². The van der Waals surface area contributed by atoms with Gasteiger partial charge in [-0.3, -0.25) is 0 Å². The Hall–Kier alpha value is -13.9. The Labute approximate surface area is 366 Å².